The van der Waals surface area contributed by atoms with Gasteiger partial charge in [0.1, 0.15) is 6.54 Å². The van der Waals surface area contributed by atoms with Gasteiger partial charge in [0.15, 0.2) is 0 Å². The van der Waals surface area contributed by atoms with Crippen LogP contribution in [-0.2, 0) is 11.2 Å². The number of nitrogens with two attached hydrogens (primary N) is 1. The van der Waals surface area contributed by atoms with Gasteiger partial charge in [-0.1, -0.05) is 29.8 Å². The topological polar surface area (TPSA) is 46.3 Å². The first-order valence-corrected chi connectivity index (χ1v) is 7.33. The molecule has 0 aromatic heterocycles. The van der Waals surface area contributed by atoms with Crippen molar-refractivity contribution in [3.05, 3.63) is 35.4 Å². The third-order valence-electron chi connectivity index (χ3n) is 3.33. The van der Waals surface area contributed by atoms with Crippen molar-refractivity contribution >= 4 is 5.91 Å². The fraction of sp³-hybridized carbons (Fsp3) is 0.562. The first-order valence-electron chi connectivity index (χ1n) is 7.33. The van der Waals surface area contributed by atoms with E-state index in [1.165, 1.54) is 0 Å². The van der Waals surface area contributed by atoms with Crippen LogP contribution in [0.4, 0.5) is 13.2 Å². The van der Waals surface area contributed by atoms with Crippen molar-refractivity contribution in [2.45, 2.75) is 45.3 Å². The lowest BCUT2D eigenvalue weighted by molar-refractivity contribution is -0.161. The molecule has 0 fully saturated rings. The number of rotatable bonds is 7. The third-order valence-corrected chi connectivity index (χ3v) is 3.33. The molecule has 3 nitrogen and oxygen atoms in total. The maximum atomic E-state index is 12.6. The molecule has 2 N–H and O–H groups in total. The summed E-state index contributed by atoms with van der Waals surface area (Å²) in [7, 11) is 0. The molecule has 1 atom stereocenters. The summed E-state index contributed by atoms with van der Waals surface area (Å²) in [5.74, 6) is -0.498. The highest BCUT2D eigenvalue weighted by molar-refractivity contribution is 5.76. The van der Waals surface area contributed by atoms with E-state index >= 15 is 0 Å². The Kier molecular flexibility index (Phi) is 6.87. The van der Waals surface area contributed by atoms with Crippen molar-refractivity contribution in [3.63, 3.8) is 0 Å². The summed E-state index contributed by atoms with van der Waals surface area (Å²) >= 11 is 0. The largest absolute Gasteiger partial charge is 0.406 e. The van der Waals surface area contributed by atoms with Crippen LogP contribution >= 0.6 is 0 Å². The number of halogens is 3. The van der Waals surface area contributed by atoms with E-state index in [0.29, 0.717) is 12.8 Å². The summed E-state index contributed by atoms with van der Waals surface area (Å²) in [5.41, 5.74) is 7.56. The number of benzene rings is 1. The Morgan fingerprint density at radius 3 is 2.36 bits per heavy atom. The molecule has 0 aliphatic heterocycles. The lowest BCUT2D eigenvalue weighted by Gasteiger charge is -2.24. The van der Waals surface area contributed by atoms with E-state index < -0.39 is 18.6 Å². The van der Waals surface area contributed by atoms with Crippen LogP contribution in [-0.4, -0.2) is 36.1 Å². The molecule has 0 heterocycles. The average molecular weight is 316 g/mol. The molecular formula is C16H23F3N2O. The normalized spacial score (nSPS) is 13.0. The van der Waals surface area contributed by atoms with Crippen molar-refractivity contribution < 1.29 is 18.0 Å². The molecule has 6 heteroatoms. The van der Waals surface area contributed by atoms with Crippen LogP contribution in [0.15, 0.2) is 24.3 Å². The van der Waals surface area contributed by atoms with E-state index in [1.807, 2.05) is 31.2 Å². The Hall–Kier alpha value is -1.56. The first kappa shape index (κ1) is 18.5. The van der Waals surface area contributed by atoms with E-state index in [4.69, 9.17) is 5.73 Å². The van der Waals surface area contributed by atoms with Gasteiger partial charge in [0.2, 0.25) is 5.91 Å². The van der Waals surface area contributed by atoms with Crippen molar-refractivity contribution in [2.75, 3.05) is 13.1 Å². The first-order chi connectivity index (χ1) is 10.2. The fourth-order valence-electron chi connectivity index (χ4n) is 2.04. The summed E-state index contributed by atoms with van der Waals surface area (Å²) in [6.45, 7) is 2.52. The lowest BCUT2D eigenvalue weighted by atomic mass is 10.1. The summed E-state index contributed by atoms with van der Waals surface area (Å²) in [5, 5.41) is 0. The quantitative estimate of drug-likeness (QED) is 0.840. The molecule has 22 heavy (non-hydrogen) atoms. The van der Waals surface area contributed by atoms with Gasteiger partial charge in [0, 0.05) is 19.0 Å². The van der Waals surface area contributed by atoms with Gasteiger partial charge in [-0.3, -0.25) is 4.79 Å². The van der Waals surface area contributed by atoms with Crippen LogP contribution in [0, 0.1) is 6.92 Å². The summed E-state index contributed by atoms with van der Waals surface area (Å²) in [4.78, 5) is 12.8. The standard InChI is InChI=1S/C16H23F3N2O/c1-12-3-6-14(7-4-12)9-10-21(11-16(17,18)19)15(22)8-5-13(2)20/h3-4,6-7,13H,5,8-11,20H2,1-2H3. The number of alkyl halides is 3. The molecule has 1 unspecified atom stereocenters. The van der Waals surface area contributed by atoms with Crippen LogP contribution in [0.1, 0.15) is 30.9 Å². The van der Waals surface area contributed by atoms with Gasteiger partial charge in [-0.2, -0.15) is 13.2 Å². The van der Waals surface area contributed by atoms with Gasteiger partial charge in [0.05, 0.1) is 0 Å². The minimum Gasteiger partial charge on any atom is -0.333 e. The fourth-order valence-corrected chi connectivity index (χ4v) is 2.04. The molecule has 0 aliphatic carbocycles. The Labute approximate surface area is 129 Å². The molecule has 0 saturated carbocycles. The summed E-state index contributed by atoms with van der Waals surface area (Å²) < 4.78 is 37.9. The van der Waals surface area contributed by atoms with Crippen LogP contribution in [0.25, 0.3) is 0 Å². The zero-order valence-corrected chi connectivity index (χ0v) is 13.0. The molecule has 0 bridgehead atoms. The van der Waals surface area contributed by atoms with Gasteiger partial charge in [0.25, 0.3) is 0 Å². The highest BCUT2D eigenvalue weighted by atomic mass is 19.4. The van der Waals surface area contributed by atoms with E-state index in [0.717, 1.165) is 16.0 Å². The number of aryl methyl sites for hydroxylation is 1. The maximum Gasteiger partial charge on any atom is 0.406 e. The predicted molar refractivity (Wildman–Crippen MR) is 80.4 cm³/mol. The molecular weight excluding hydrogens is 293 g/mol. The summed E-state index contributed by atoms with van der Waals surface area (Å²) in [6.07, 6.45) is -3.56. The molecule has 0 saturated heterocycles. The number of carbonyl (C=O) groups is 1. The van der Waals surface area contributed by atoms with Crippen LogP contribution in [0.5, 0.6) is 0 Å². The molecule has 0 aliphatic rings. The highest BCUT2D eigenvalue weighted by Crippen LogP contribution is 2.18. The van der Waals surface area contributed by atoms with Crippen LogP contribution < -0.4 is 5.73 Å². The van der Waals surface area contributed by atoms with Crippen molar-refractivity contribution in [2.24, 2.45) is 5.73 Å². The van der Waals surface area contributed by atoms with Gasteiger partial charge in [-0.05, 0) is 32.3 Å². The zero-order chi connectivity index (χ0) is 16.8. The Bertz CT molecular complexity index is 469. The third kappa shape index (κ3) is 7.45. The smallest absolute Gasteiger partial charge is 0.333 e. The number of hydrogen-bond donors (Lipinski definition) is 1. The Balaban J connectivity index is 2.64. The molecule has 0 radical (unpaired) electrons. The van der Waals surface area contributed by atoms with Crippen molar-refractivity contribution in [3.8, 4) is 0 Å². The van der Waals surface area contributed by atoms with Gasteiger partial charge in [-0.15, -0.1) is 0 Å². The number of hydrogen-bond acceptors (Lipinski definition) is 2. The SMILES string of the molecule is Cc1ccc(CCN(CC(F)(F)F)C(=O)CCC(C)N)cc1. The van der Waals surface area contributed by atoms with Gasteiger partial charge < -0.3 is 10.6 Å². The van der Waals surface area contributed by atoms with Crippen LogP contribution in [0.2, 0.25) is 0 Å². The minimum atomic E-state index is -4.39. The van der Waals surface area contributed by atoms with E-state index in [1.54, 1.807) is 6.92 Å². The molecule has 1 amide bonds. The second-order valence-corrected chi connectivity index (χ2v) is 5.68. The summed E-state index contributed by atoms with van der Waals surface area (Å²) in [6, 6.07) is 7.35. The van der Waals surface area contributed by atoms with Crippen LogP contribution in [0.3, 0.4) is 0 Å². The van der Waals surface area contributed by atoms with E-state index in [-0.39, 0.29) is 19.0 Å². The van der Waals surface area contributed by atoms with Gasteiger partial charge in [-0.25, -0.2) is 0 Å². The number of amides is 1. The van der Waals surface area contributed by atoms with Crippen molar-refractivity contribution in [1.82, 2.24) is 4.90 Å². The van der Waals surface area contributed by atoms with Gasteiger partial charge >= 0.3 is 6.18 Å². The zero-order valence-electron chi connectivity index (χ0n) is 13.0. The lowest BCUT2D eigenvalue weighted by Crippen LogP contribution is -2.40. The number of nitrogens with zero attached hydrogens (tertiary/aromatic N) is 1. The molecule has 1 aromatic carbocycles. The molecule has 1 rings (SSSR count). The Morgan fingerprint density at radius 1 is 1.27 bits per heavy atom. The predicted octanol–water partition coefficient (Wildman–Crippen LogP) is 3.06. The monoisotopic (exact) mass is 316 g/mol. The maximum absolute atomic E-state index is 12.6. The van der Waals surface area contributed by atoms with E-state index in [9.17, 15) is 18.0 Å². The molecule has 1 aromatic rings. The van der Waals surface area contributed by atoms with E-state index in [2.05, 4.69) is 0 Å². The Morgan fingerprint density at radius 2 is 1.86 bits per heavy atom. The molecule has 124 valence electrons. The van der Waals surface area contributed by atoms with Crippen molar-refractivity contribution in [1.29, 1.82) is 0 Å². The second kappa shape index (κ2) is 8.17. The molecule has 0 spiro atoms. The average Bonchev–Trinajstić information content (AvgIpc) is 2.41. The highest BCUT2D eigenvalue weighted by Gasteiger charge is 2.32. The minimum absolute atomic E-state index is 0.0433. The number of carbonyl (C=O) groups excluding carboxylic acids is 1. The second-order valence-electron chi connectivity index (χ2n) is 5.68.